The van der Waals surface area contributed by atoms with Gasteiger partial charge in [-0.25, -0.2) is 0 Å². The number of benzene rings is 1. The minimum Gasteiger partial charge on any atom is -0.371 e. The fourth-order valence-corrected chi connectivity index (χ4v) is 4.33. The predicted octanol–water partition coefficient (Wildman–Crippen LogP) is 2.81. The fourth-order valence-electron chi connectivity index (χ4n) is 4.33. The summed E-state index contributed by atoms with van der Waals surface area (Å²) in [4.78, 5) is 24.1. The molecule has 29 heavy (non-hydrogen) atoms. The largest absolute Gasteiger partial charge is 0.371 e. The molecule has 4 rings (SSSR count). The molecule has 0 atom stereocenters. The highest BCUT2D eigenvalue weighted by molar-refractivity contribution is 5.79. The smallest absolute Gasteiger partial charge is 0.257 e. The second kappa shape index (κ2) is 8.53. The van der Waals surface area contributed by atoms with Crippen molar-refractivity contribution >= 4 is 11.6 Å². The Hall–Kier alpha value is -2.41. The van der Waals surface area contributed by atoms with Crippen molar-refractivity contribution in [2.45, 2.75) is 39.7 Å². The number of rotatable bonds is 4. The van der Waals surface area contributed by atoms with Crippen molar-refractivity contribution in [2.75, 3.05) is 44.2 Å². The number of hydrogen-bond acceptors (Lipinski definition) is 6. The number of anilines is 1. The van der Waals surface area contributed by atoms with Crippen molar-refractivity contribution in [1.29, 1.82) is 0 Å². The molecule has 0 radical (unpaired) electrons. The molecule has 0 saturated carbocycles. The highest BCUT2D eigenvalue weighted by Crippen LogP contribution is 2.27. The highest BCUT2D eigenvalue weighted by Gasteiger charge is 2.30. The first-order valence-corrected chi connectivity index (χ1v) is 10.7. The van der Waals surface area contributed by atoms with Crippen molar-refractivity contribution in [3.8, 4) is 11.5 Å². The van der Waals surface area contributed by atoms with Crippen LogP contribution in [0.2, 0.25) is 0 Å². The Morgan fingerprint density at radius 1 is 1.03 bits per heavy atom. The van der Waals surface area contributed by atoms with E-state index in [9.17, 15) is 4.79 Å². The van der Waals surface area contributed by atoms with Crippen LogP contribution in [0.25, 0.3) is 11.5 Å². The molecule has 7 nitrogen and oxygen atoms in total. The molecule has 1 amide bonds. The normalized spacial score (nSPS) is 19.2. The van der Waals surface area contributed by atoms with Gasteiger partial charge in [0.05, 0.1) is 0 Å². The SMILES string of the molecule is Cc1noc(-c2ccc(N3CCC(C(=O)N4CCN(C(C)C)CC4)CC3)cc2)n1. The Bertz CT molecular complexity index is 816. The molecule has 0 bridgehead atoms. The minimum absolute atomic E-state index is 0.164. The van der Waals surface area contributed by atoms with Crippen LogP contribution in [0.5, 0.6) is 0 Å². The Kier molecular flexibility index (Phi) is 5.85. The van der Waals surface area contributed by atoms with E-state index in [1.54, 1.807) is 0 Å². The number of piperidine rings is 1. The van der Waals surface area contributed by atoms with Crippen molar-refractivity contribution in [1.82, 2.24) is 19.9 Å². The lowest BCUT2D eigenvalue weighted by Crippen LogP contribution is -2.53. The molecular weight excluding hydrogens is 366 g/mol. The molecule has 0 N–H and O–H groups in total. The summed E-state index contributed by atoms with van der Waals surface area (Å²) in [5.74, 6) is 1.71. The summed E-state index contributed by atoms with van der Waals surface area (Å²) < 4.78 is 5.23. The van der Waals surface area contributed by atoms with Crippen molar-refractivity contribution in [2.24, 2.45) is 5.92 Å². The van der Waals surface area contributed by atoms with Gasteiger partial charge in [0, 0.05) is 62.5 Å². The Balaban J connectivity index is 1.30. The van der Waals surface area contributed by atoms with Crippen LogP contribution >= 0.6 is 0 Å². The monoisotopic (exact) mass is 397 g/mol. The highest BCUT2D eigenvalue weighted by atomic mass is 16.5. The van der Waals surface area contributed by atoms with Gasteiger partial charge in [0.1, 0.15) is 0 Å². The second-order valence-electron chi connectivity index (χ2n) is 8.41. The topological polar surface area (TPSA) is 65.7 Å². The van der Waals surface area contributed by atoms with Crippen molar-refractivity contribution < 1.29 is 9.32 Å². The molecule has 2 aliphatic heterocycles. The van der Waals surface area contributed by atoms with E-state index in [0.717, 1.165) is 57.7 Å². The zero-order chi connectivity index (χ0) is 20.4. The third kappa shape index (κ3) is 4.45. The maximum Gasteiger partial charge on any atom is 0.257 e. The van der Waals surface area contributed by atoms with Crippen LogP contribution < -0.4 is 4.90 Å². The van der Waals surface area contributed by atoms with Crippen molar-refractivity contribution in [3.63, 3.8) is 0 Å². The maximum absolute atomic E-state index is 12.9. The Morgan fingerprint density at radius 2 is 1.69 bits per heavy atom. The first-order valence-electron chi connectivity index (χ1n) is 10.7. The summed E-state index contributed by atoms with van der Waals surface area (Å²) in [6, 6.07) is 8.80. The molecule has 1 aromatic carbocycles. The summed E-state index contributed by atoms with van der Waals surface area (Å²) in [5, 5.41) is 3.85. The van der Waals surface area contributed by atoms with Gasteiger partial charge in [0.25, 0.3) is 5.89 Å². The van der Waals surface area contributed by atoms with Crippen LogP contribution in [-0.2, 0) is 4.79 Å². The number of amides is 1. The zero-order valence-corrected chi connectivity index (χ0v) is 17.7. The van der Waals surface area contributed by atoms with E-state index in [-0.39, 0.29) is 5.92 Å². The van der Waals surface area contributed by atoms with E-state index in [1.807, 2.05) is 19.1 Å². The number of hydrogen-bond donors (Lipinski definition) is 0. The van der Waals surface area contributed by atoms with E-state index in [2.05, 4.69) is 50.8 Å². The first kappa shape index (κ1) is 19.9. The zero-order valence-electron chi connectivity index (χ0n) is 17.7. The van der Waals surface area contributed by atoms with Crippen molar-refractivity contribution in [3.05, 3.63) is 30.1 Å². The van der Waals surface area contributed by atoms with Crippen LogP contribution in [0.1, 0.15) is 32.5 Å². The maximum atomic E-state index is 12.9. The average Bonchev–Trinajstić information content (AvgIpc) is 3.20. The van der Waals surface area contributed by atoms with Gasteiger partial charge in [-0.3, -0.25) is 9.69 Å². The quantitative estimate of drug-likeness (QED) is 0.790. The summed E-state index contributed by atoms with van der Waals surface area (Å²) in [5.41, 5.74) is 2.11. The number of carbonyl (C=O) groups is 1. The van der Waals surface area contributed by atoms with E-state index >= 15 is 0 Å². The molecule has 2 aromatic rings. The molecule has 0 spiro atoms. The number of aryl methyl sites for hydroxylation is 1. The van der Waals surface area contributed by atoms with Gasteiger partial charge in [0.15, 0.2) is 5.82 Å². The Morgan fingerprint density at radius 3 is 2.24 bits per heavy atom. The third-order valence-electron chi connectivity index (χ3n) is 6.21. The average molecular weight is 398 g/mol. The van der Waals surface area contributed by atoms with Crippen LogP contribution in [0.15, 0.2) is 28.8 Å². The second-order valence-corrected chi connectivity index (χ2v) is 8.41. The molecule has 1 aromatic heterocycles. The lowest BCUT2D eigenvalue weighted by molar-refractivity contribution is -0.138. The first-order chi connectivity index (χ1) is 14.0. The molecule has 156 valence electrons. The van der Waals surface area contributed by atoms with Gasteiger partial charge in [-0.1, -0.05) is 5.16 Å². The number of carbonyl (C=O) groups excluding carboxylic acids is 1. The molecule has 2 saturated heterocycles. The summed E-state index contributed by atoms with van der Waals surface area (Å²) >= 11 is 0. The van der Waals surface area contributed by atoms with Gasteiger partial charge >= 0.3 is 0 Å². The predicted molar refractivity (Wildman–Crippen MR) is 113 cm³/mol. The molecule has 0 aliphatic carbocycles. The fraction of sp³-hybridized carbons (Fsp3) is 0.591. The number of aromatic nitrogens is 2. The molecule has 2 fully saturated rings. The summed E-state index contributed by atoms with van der Waals surface area (Å²) in [6.07, 6.45) is 1.85. The number of nitrogens with zero attached hydrogens (tertiary/aromatic N) is 5. The van der Waals surface area contributed by atoms with Crippen LogP contribution in [0.3, 0.4) is 0 Å². The Labute approximate surface area is 172 Å². The standard InChI is InChI=1S/C22H31N5O2/c1-16(2)25-12-14-27(15-13-25)22(28)19-8-10-26(11-9-19)20-6-4-18(5-7-20)21-23-17(3)24-29-21/h4-7,16,19H,8-15H2,1-3H3. The van der Waals surface area contributed by atoms with Gasteiger partial charge in [0.2, 0.25) is 5.91 Å². The van der Waals surface area contributed by atoms with Crippen LogP contribution in [-0.4, -0.2) is 71.2 Å². The molecule has 2 aliphatic rings. The van der Waals surface area contributed by atoms with Gasteiger partial charge in [-0.2, -0.15) is 4.98 Å². The van der Waals surface area contributed by atoms with E-state index in [4.69, 9.17) is 4.52 Å². The van der Waals surface area contributed by atoms with Gasteiger partial charge in [-0.05, 0) is 57.9 Å². The summed E-state index contributed by atoms with van der Waals surface area (Å²) in [6.45, 7) is 11.8. The number of piperazine rings is 1. The van der Waals surface area contributed by atoms with Gasteiger partial charge in [-0.15, -0.1) is 0 Å². The van der Waals surface area contributed by atoms with E-state index < -0.39 is 0 Å². The molecule has 7 heteroatoms. The van der Waals surface area contributed by atoms with E-state index in [1.165, 1.54) is 5.69 Å². The van der Waals surface area contributed by atoms with E-state index in [0.29, 0.717) is 23.7 Å². The lowest BCUT2D eigenvalue weighted by Gasteiger charge is -2.40. The third-order valence-corrected chi connectivity index (χ3v) is 6.21. The van der Waals surface area contributed by atoms with Crippen LogP contribution in [0, 0.1) is 12.8 Å². The van der Waals surface area contributed by atoms with Crippen LogP contribution in [0.4, 0.5) is 5.69 Å². The summed E-state index contributed by atoms with van der Waals surface area (Å²) in [7, 11) is 0. The molecule has 3 heterocycles. The lowest BCUT2D eigenvalue weighted by atomic mass is 9.94. The molecule has 0 unspecified atom stereocenters. The minimum atomic E-state index is 0.164. The van der Waals surface area contributed by atoms with Gasteiger partial charge < -0.3 is 14.3 Å². The molecular formula is C22H31N5O2.